The summed E-state index contributed by atoms with van der Waals surface area (Å²) in [6.45, 7) is 3.08. The van der Waals surface area contributed by atoms with E-state index >= 15 is 0 Å². The Bertz CT molecular complexity index is 513. The monoisotopic (exact) mass is 341 g/mol. The fourth-order valence-electron chi connectivity index (χ4n) is 2.01. The van der Waals surface area contributed by atoms with E-state index in [-0.39, 0.29) is 11.9 Å². The van der Waals surface area contributed by atoms with Crippen LogP contribution >= 0.6 is 27.3 Å². The zero-order valence-corrected chi connectivity index (χ0v) is 13.2. The van der Waals surface area contributed by atoms with E-state index in [1.54, 1.807) is 11.3 Å². The average molecular weight is 342 g/mol. The van der Waals surface area contributed by atoms with Gasteiger partial charge in [-0.3, -0.25) is 0 Å². The molecule has 1 N–H and O–H groups in total. The Morgan fingerprint density at radius 3 is 2.84 bits per heavy atom. The molecule has 1 nitrogen and oxygen atoms in total. The van der Waals surface area contributed by atoms with E-state index in [1.165, 1.54) is 11.6 Å². The molecule has 0 radical (unpaired) electrons. The average Bonchev–Trinajstić information content (AvgIpc) is 2.90. The molecule has 1 aromatic heterocycles. The maximum Gasteiger partial charge on any atom is 0.127 e. The Morgan fingerprint density at radius 1 is 1.37 bits per heavy atom. The summed E-state index contributed by atoms with van der Waals surface area (Å²) < 4.78 is 14.7. The van der Waals surface area contributed by atoms with Crippen LogP contribution in [0, 0.1) is 5.82 Å². The molecule has 0 aliphatic heterocycles. The van der Waals surface area contributed by atoms with Gasteiger partial charge in [0.05, 0.1) is 0 Å². The van der Waals surface area contributed by atoms with Crippen molar-refractivity contribution in [2.24, 2.45) is 0 Å². The second-order valence-corrected chi connectivity index (χ2v) is 6.20. The van der Waals surface area contributed by atoms with Gasteiger partial charge in [0, 0.05) is 10.5 Å². The first kappa shape index (κ1) is 14.7. The van der Waals surface area contributed by atoms with Crippen molar-refractivity contribution in [1.82, 2.24) is 5.32 Å². The van der Waals surface area contributed by atoms with Gasteiger partial charge in [-0.25, -0.2) is 4.39 Å². The van der Waals surface area contributed by atoms with Crippen LogP contribution in [0.2, 0.25) is 0 Å². The molecule has 1 aromatic carbocycles. The SMILES string of the molecule is CCCNC(Cc1ccc(Br)cc1F)c1ccsc1. The third-order valence-electron chi connectivity index (χ3n) is 3.03. The molecule has 0 saturated carbocycles. The smallest absolute Gasteiger partial charge is 0.127 e. The Labute approximate surface area is 126 Å². The number of halogens is 2. The quantitative estimate of drug-likeness (QED) is 0.785. The fraction of sp³-hybridized carbons (Fsp3) is 0.333. The van der Waals surface area contributed by atoms with Crippen LogP contribution in [0.4, 0.5) is 4.39 Å². The molecule has 4 heteroatoms. The number of hydrogen-bond donors (Lipinski definition) is 1. The van der Waals surface area contributed by atoms with Gasteiger partial charge in [0.25, 0.3) is 0 Å². The summed E-state index contributed by atoms with van der Waals surface area (Å²) in [5, 5.41) is 7.68. The molecule has 0 aliphatic carbocycles. The van der Waals surface area contributed by atoms with E-state index in [2.05, 4.69) is 45.0 Å². The highest BCUT2D eigenvalue weighted by Crippen LogP contribution is 2.24. The number of benzene rings is 1. The molecule has 0 amide bonds. The van der Waals surface area contributed by atoms with Gasteiger partial charge >= 0.3 is 0 Å². The van der Waals surface area contributed by atoms with E-state index in [1.807, 2.05) is 12.1 Å². The lowest BCUT2D eigenvalue weighted by Crippen LogP contribution is -2.24. The third-order valence-corrected chi connectivity index (χ3v) is 4.22. The van der Waals surface area contributed by atoms with E-state index < -0.39 is 0 Å². The summed E-state index contributed by atoms with van der Waals surface area (Å²) in [5.74, 6) is -0.145. The summed E-state index contributed by atoms with van der Waals surface area (Å²) in [5.41, 5.74) is 1.99. The molecule has 0 spiro atoms. The van der Waals surface area contributed by atoms with Gasteiger partial charge in [0.1, 0.15) is 5.82 Å². The van der Waals surface area contributed by atoms with Gasteiger partial charge < -0.3 is 5.32 Å². The van der Waals surface area contributed by atoms with Crippen LogP contribution in [0.25, 0.3) is 0 Å². The number of rotatable bonds is 6. The number of hydrogen-bond acceptors (Lipinski definition) is 2. The van der Waals surface area contributed by atoms with Gasteiger partial charge in [-0.2, -0.15) is 11.3 Å². The van der Waals surface area contributed by atoms with Crippen molar-refractivity contribution in [1.29, 1.82) is 0 Å². The topological polar surface area (TPSA) is 12.0 Å². The lowest BCUT2D eigenvalue weighted by Gasteiger charge is -2.18. The van der Waals surface area contributed by atoms with Crippen LogP contribution in [-0.2, 0) is 6.42 Å². The minimum atomic E-state index is -0.145. The molecular weight excluding hydrogens is 325 g/mol. The first-order chi connectivity index (χ1) is 9.20. The molecule has 102 valence electrons. The minimum absolute atomic E-state index is 0.145. The molecule has 0 bridgehead atoms. The maximum atomic E-state index is 13.9. The maximum absolute atomic E-state index is 13.9. The first-order valence-corrected chi connectivity index (χ1v) is 8.13. The van der Waals surface area contributed by atoms with E-state index in [4.69, 9.17) is 0 Å². The van der Waals surface area contributed by atoms with Crippen molar-refractivity contribution in [3.63, 3.8) is 0 Å². The van der Waals surface area contributed by atoms with Crippen LogP contribution in [0.1, 0.15) is 30.5 Å². The number of thiophene rings is 1. The summed E-state index contributed by atoms with van der Waals surface area (Å²) >= 11 is 4.97. The molecule has 1 unspecified atom stereocenters. The molecule has 2 rings (SSSR count). The van der Waals surface area contributed by atoms with Gasteiger partial charge in [-0.1, -0.05) is 28.9 Å². The van der Waals surface area contributed by atoms with Gasteiger partial charge in [-0.05, 0) is 59.5 Å². The fourth-order valence-corrected chi connectivity index (χ4v) is 3.05. The Morgan fingerprint density at radius 2 is 2.21 bits per heavy atom. The third kappa shape index (κ3) is 4.13. The minimum Gasteiger partial charge on any atom is -0.310 e. The van der Waals surface area contributed by atoms with Crippen molar-refractivity contribution in [2.75, 3.05) is 6.54 Å². The van der Waals surface area contributed by atoms with Crippen LogP contribution in [-0.4, -0.2) is 6.54 Å². The molecule has 0 saturated heterocycles. The van der Waals surface area contributed by atoms with E-state index in [0.29, 0.717) is 6.42 Å². The van der Waals surface area contributed by atoms with E-state index in [0.717, 1.165) is 23.0 Å². The predicted octanol–water partition coefficient (Wildman–Crippen LogP) is 4.93. The van der Waals surface area contributed by atoms with Gasteiger partial charge in [0.15, 0.2) is 0 Å². The summed E-state index contributed by atoms with van der Waals surface area (Å²) in [7, 11) is 0. The number of nitrogens with one attached hydrogen (secondary N) is 1. The lowest BCUT2D eigenvalue weighted by atomic mass is 10.0. The molecule has 0 aliphatic rings. The second kappa shape index (κ2) is 7.17. The largest absolute Gasteiger partial charge is 0.310 e. The standard InChI is InChI=1S/C15H17BrFNS/c1-2-6-18-15(12-5-7-19-10-12)8-11-3-4-13(16)9-14(11)17/h3-5,7,9-10,15,18H,2,6,8H2,1H3. The molecular formula is C15H17BrFNS. The van der Waals surface area contributed by atoms with Crippen LogP contribution < -0.4 is 5.32 Å². The first-order valence-electron chi connectivity index (χ1n) is 6.40. The summed E-state index contributed by atoms with van der Waals surface area (Å²) in [4.78, 5) is 0. The molecule has 1 atom stereocenters. The van der Waals surface area contributed by atoms with Crippen molar-refractivity contribution < 1.29 is 4.39 Å². The highest BCUT2D eigenvalue weighted by molar-refractivity contribution is 9.10. The Hall–Kier alpha value is -0.710. The van der Waals surface area contributed by atoms with Crippen molar-refractivity contribution in [3.05, 3.63) is 56.4 Å². The predicted molar refractivity (Wildman–Crippen MR) is 83.2 cm³/mol. The summed E-state index contributed by atoms with van der Waals surface area (Å²) in [6, 6.07) is 7.56. The van der Waals surface area contributed by atoms with Crippen LogP contribution in [0.3, 0.4) is 0 Å². The zero-order chi connectivity index (χ0) is 13.7. The molecule has 2 aromatic rings. The zero-order valence-electron chi connectivity index (χ0n) is 10.8. The lowest BCUT2D eigenvalue weighted by molar-refractivity contribution is 0.514. The van der Waals surface area contributed by atoms with E-state index in [9.17, 15) is 4.39 Å². The normalized spacial score (nSPS) is 12.6. The second-order valence-electron chi connectivity index (χ2n) is 4.50. The molecule has 19 heavy (non-hydrogen) atoms. The van der Waals surface area contributed by atoms with Crippen molar-refractivity contribution in [2.45, 2.75) is 25.8 Å². The van der Waals surface area contributed by atoms with Crippen LogP contribution in [0.15, 0.2) is 39.5 Å². The highest BCUT2D eigenvalue weighted by Gasteiger charge is 2.14. The van der Waals surface area contributed by atoms with Crippen molar-refractivity contribution in [3.8, 4) is 0 Å². The van der Waals surface area contributed by atoms with Crippen LogP contribution in [0.5, 0.6) is 0 Å². The molecule has 1 heterocycles. The highest BCUT2D eigenvalue weighted by atomic mass is 79.9. The Kier molecular flexibility index (Phi) is 5.55. The summed E-state index contributed by atoms with van der Waals surface area (Å²) in [6.07, 6.45) is 1.75. The van der Waals surface area contributed by atoms with Crippen molar-refractivity contribution >= 4 is 27.3 Å². The Balaban J connectivity index is 2.15. The van der Waals surface area contributed by atoms with Gasteiger partial charge in [0.2, 0.25) is 0 Å². The van der Waals surface area contributed by atoms with Gasteiger partial charge in [-0.15, -0.1) is 0 Å². The molecule has 0 fully saturated rings.